The summed E-state index contributed by atoms with van der Waals surface area (Å²) in [7, 11) is 0. The highest BCUT2D eigenvalue weighted by Crippen LogP contribution is 2.36. The van der Waals surface area contributed by atoms with Crippen LogP contribution in [0.2, 0.25) is 0 Å². The number of ether oxygens (including phenoxy) is 2. The summed E-state index contributed by atoms with van der Waals surface area (Å²) in [6, 6.07) is 5.63. The van der Waals surface area contributed by atoms with Gasteiger partial charge in [0, 0.05) is 31.7 Å². The number of fused-ring (bicyclic) bond motifs is 1. The molecule has 11 nitrogen and oxygen atoms in total. The Morgan fingerprint density at radius 3 is 2.37 bits per heavy atom. The molecule has 1 aromatic rings. The lowest BCUT2D eigenvalue weighted by Gasteiger charge is -2.46. The number of amides is 5. The van der Waals surface area contributed by atoms with Gasteiger partial charge in [-0.1, -0.05) is 32.9 Å². The van der Waals surface area contributed by atoms with Crippen LogP contribution in [-0.2, 0) is 9.59 Å². The molecule has 0 aromatic heterocycles. The summed E-state index contributed by atoms with van der Waals surface area (Å²) in [5, 5.41) is 9.67. The van der Waals surface area contributed by atoms with E-state index in [9.17, 15) is 24.3 Å². The van der Waals surface area contributed by atoms with Gasteiger partial charge in [-0.25, -0.2) is 9.59 Å². The van der Waals surface area contributed by atoms with Crippen molar-refractivity contribution in [3.05, 3.63) is 24.3 Å². The number of imide groups is 2. The molecule has 5 amide bonds. The third-order valence-electron chi connectivity index (χ3n) is 8.09. The lowest BCUT2D eigenvalue weighted by atomic mass is 9.79. The van der Waals surface area contributed by atoms with Crippen LogP contribution in [0.15, 0.2) is 24.3 Å². The molecule has 206 valence electrons. The summed E-state index contributed by atoms with van der Waals surface area (Å²) in [5.74, 6) is -0.184. The van der Waals surface area contributed by atoms with Crippen molar-refractivity contribution < 1.29 is 33.8 Å². The monoisotopic (exact) mass is 528 g/mol. The lowest BCUT2D eigenvalue weighted by Crippen LogP contribution is -2.57. The Morgan fingerprint density at radius 1 is 1.00 bits per heavy atom. The first-order valence-corrected chi connectivity index (χ1v) is 13.4. The molecule has 4 heterocycles. The third kappa shape index (κ3) is 4.91. The van der Waals surface area contributed by atoms with Gasteiger partial charge >= 0.3 is 23.9 Å². The summed E-state index contributed by atoms with van der Waals surface area (Å²) >= 11 is 0. The van der Waals surface area contributed by atoms with Crippen molar-refractivity contribution in [1.29, 1.82) is 0 Å². The van der Waals surface area contributed by atoms with E-state index in [0.717, 1.165) is 28.5 Å². The number of para-hydroxylation sites is 2. The second kappa shape index (κ2) is 10.1. The quantitative estimate of drug-likeness (QED) is 0.468. The first-order valence-electron chi connectivity index (χ1n) is 13.4. The summed E-state index contributed by atoms with van der Waals surface area (Å²) in [6.07, 6.45) is 0.838. The fourth-order valence-corrected chi connectivity index (χ4v) is 6.22. The second-order valence-electron chi connectivity index (χ2n) is 11.7. The molecule has 0 saturated carbocycles. The van der Waals surface area contributed by atoms with Crippen LogP contribution >= 0.6 is 0 Å². The van der Waals surface area contributed by atoms with Crippen LogP contribution in [-0.4, -0.2) is 106 Å². The molecule has 3 fully saturated rings. The number of carboxylic acid groups (broad SMARTS) is 1. The summed E-state index contributed by atoms with van der Waals surface area (Å²) < 4.78 is 11.9. The molecule has 4 atom stereocenters. The average molecular weight is 529 g/mol. The van der Waals surface area contributed by atoms with Crippen LogP contribution in [0.5, 0.6) is 11.5 Å². The van der Waals surface area contributed by atoms with Crippen molar-refractivity contribution in [3.8, 4) is 11.5 Å². The highest BCUT2D eigenvalue weighted by molar-refractivity contribution is 6.44. The predicted octanol–water partition coefficient (Wildman–Crippen LogP) is 2.64. The van der Waals surface area contributed by atoms with Gasteiger partial charge in [-0.2, -0.15) is 0 Å². The molecule has 0 spiro atoms. The van der Waals surface area contributed by atoms with Crippen LogP contribution < -0.4 is 9.47 Å². The Morgan fingerprint density at radius 2 is 1.68 bits per heavy atom. The molecule has 0 radical (unpaired) electrons. The summed E-state index contributed by atoms with van der Waals surface area (Å²) in [5.41, 5.74) is -0.387. The van der Waals surface area contributed by atoms with Gasteiger partial charge in [0.25, 0.3) is 0 Å². The minimum absolute atomic E-state index is 0.180. The van der Waals surface area contributed by atoms with Crippen molar-refractivity contribution in [2.45, 2.75) is 70.7 Å². The summed E-state index contributed by atoms with van der Waals surface area (Å²) in [4.78, 5) is 57.3. The standard InChI is InChI=1S/C27H36N4O7/c1-27(2,3)22-13-17(10-12-29(22)26(35)36)30-23(32)24(33)31(25(30)34)18-7-6-11-28(14-18)15-19-16-37-20-8-4-5-9-21(20)38-19/h4-5,8-9,17-19,22H,6-7,10-16H2,1-3H3,(H,35,36). The number of benzene rings is 1. The lowest BCUT2D eigenvalue weighted by molar-refractivity contribution is -0.145. The van der Waals surface area contributed by atoms with E-state index in [-0.39, 0.29) is 24.1 Å². The zero-order valence-corrected chi connectivity index (χ0v) is 22.2. The number of nitrogens with zero attached hydrogens (tertiary/aromatic N) is 4. The molecular weight excluding hydrogens is 492 g/mol. The number of likely N-dealkylation sites (tertiary alicyclic amines) is 2. The van der Waals surface area contributed by atoms with E-state index in [1.54, 1.807) is 0 Å². The normalized spacial score (nSPS) is 28.7. The minimum Gasteiger partial charge on any atom is -0.486 e. The Kier molecular flexibility index (Phi) is 6.97. The molecule has 0 aliphatic carbocycles. The number of carbonyl (C=O) groups is 4. The zero-order chi connectivity index (χ0) is 27.2. The van der Waals surface area contributed by atoms with Gasteiger partial charge in [-0.05, 0) is 49.8 Å². The number of hydrogen-bond donors (Lipinski definition) is 1. The van der Waals surface area contributed by atoms with Gasteiger partial charge < -0.3 is 19.5 Å². The van der Waals surface area contributed by atoms with E-state index in [1.807, 2.05) is 45.0 Å². The zero-order valence-electron chi connectivity index (χ0n) is 22.2. The highest BCUT2D eigenvalue weighted by atomic mass is 16.6. The molecule has 1 N–H and O–H groups in total. The SMILES string of the molecule is CC(C)(C)C1CC(N2C(=O)C(=O)N(C3CCCN(CC4COc5ccccc5O4)C3)C2=O)CCN1C(=O)O. The molecule has 11 heteroatoms. The molecule has 38 heavy (non-hydrogen) atoms. The molecule has 5 rings (SSSR count). The maximum absolute atomic E-state index is 13.5. The van der Waals surface area contributed by atoms with Crippen molar-refractivity contribution in [3.63, 3.8) is 0 Å². The van der Waals surface area contributed by atoms with Gasteiger partial charge in [-0.15, -0.1) is 0 Å². The van der Waals surface area contributed by atoms with Crippen LogP contribution in [0.25, 0.3) is 0 Å². The Balaban J connectivity index is 1.25. The summed E-state index contributed by atoms with van der Waals surface area (Å²) in [6.45, 7) is 8.29. The van der Waals surface area contributed by atoms with Crippen molar-refractivity contribution in [2.24, 2.45) is 5.41 Å². The van der Waals surface area contributed by atoms with Crippen LogP contribution in [0.4, 0.5) is 9.59 Å². The maximum Gasteiger partial charge on any atom is 0.407 e. The van der Waals surface area contributed by atoms with E-state index in [4.69, 9.17) is 9.47 Å². The Labute approximate surface area is 222 Å². The van der Waals surface area contributed by atoms with Crippen LogP contribution in [0.3, 0.4) is 0 Å². The number of hydrogen-bond acceptors (Lipinski definition) is 7. The molecule has 4 unspecified atom stereocenters. The van der Waals surface area contributed by atoms with E-state index < -0.39 is 36.0 Å². The number of carbonyl (C=O) groups excluding carboxylic acids is 3. The van der Waals surface area contributed by atoms with Gasteiger partial charge in [-0.3, -0.25) is 24.3 Å². The van der Waals surface area contributed by atoms with Gasteiger partial charge in [0.1, 0.15) is 12.7 Å². The third-order valence-corrected chi connectivity index (χ3v) is 8.09. The molecule has 4 aliphatic rings. The Bertz CT molecular complexity index is 1120. The predicted molar refractivity (Wildman–Crippen MR) is 136 cm³/mol. The first-order chi connectivity index (χ1) is 18.0. The smallest absolute Gasteiger partial charge is 0.407 e. The molecule has 4 aliphatic heterocycles. The van der Waals surface area contributed by atoms with Gasteiger partial charge in [0.15, 0.2) is 11.5 Å². The van der Waals surface area contributed by atoms with Crippen molar-refractivity contribution in [1.82, 2.24) is 19.6 Å². The van der Waals surface area contributed by atoms with Gasteiger partial charge in [0.2, 0.25) is 0 Å². The van der Waals surface area contributed by atoms with E-state index in [1.165, 1.54) is 4.90 Å². The largest absolute Gasteiger partial charge is 0.486 e. The molecule has 1 aromatic carbocycles. The molecular formula is C27H36N4O7. The van der Waals surface area contributed by atoms with Crippen molar-refractivity contribution in [2.75, 3.05) is 32.8 Å². The van der Waals surface area contributed by atoms with E-state index in [0.29, 0.717) is 44.7 Å². The molecule has 3 saturated heterocycles. The number of urea groups is 1. The fourth-order valence-electron chi connectivity index (χ4n) is 6.22. The van der Waals surface area contributed by atoms with E-state index in [2.05, 4.69) is 4.90 Å². The Hall–Kier alpha value is -3.34. The highest BCUT2D eigenvalue weighted by Gasteiger charge is 2.53. The van der Waals surface area contributed by atoms with Crippen LogP contribution in [0, 0.1) is 5.41 Å². The topological polar surface area (TPSA) is 120 Å². The maximum atomic E-state index is 13.5. The fraction of sp³-hybridized carbons (Fsp3) is 0.630. The number of rotatable bonds is 4. The van der Waals surface area contributed by atoms with E-state index >= 15 is 0 Å². The number of piperidine rings is 2. The first kappa shape index (κ1) is 26.3. The second-order valence-corrected chi connectivity index (χ2v) is 11.7. The molecule has 0 bridgehead atoms. The van der Waals surface area contributed by atoms with Crippen LogP contribution in [0.1, 0.15) is 46.5 Å². The minimum atomic E-state index is -1.02. The van der Waals surface area contributed by atoms with Gasteiger partial charge in [0.05, 0.1) is 6.04 Å². The average Bonchev–Trinajstić information content (AvgIpc) is 3.10. The van der Waals surface area contributed by atoms with Crippen molar-refractivity contribution >= 4 is 23.9 Å².